The number of methoxy groups -OCH3 is 1. The molecule has 0 bridgehead atoms. The number of carbonyl (C=O) groups excluding carboxylic acids is 1. The van der Waals surface area contributed by atoms with Crippen molar-refractivity contribution >= 4 is 11.5 Å². The Morgan fingerprint density at radius 2 is 1.85 bits per heavy atom. The fraction of sp³-hybridized carbons (Fsp3) is 0.188. The number of nitrogens with two attached hydrogens (primary N) is 1. The van der Waals surface area contributed by atoms with Crippen LogP contribution in [0, 0.1) is 6.92 Å². The van der Waals surface area contributed by atoms with E-state index in [1.54, 1.807) is 49.6 Å². The molecule has 0 aromatic heterocycles. The van der Waals surface area contributed by atoms with Crippen LogP contribution in [0.5, 0.6) is 11.5 Å². The van der Waals surface area contributed by atoms with Crippen LogP contribution < -0.4 is 15.2 Å². The smallest absolute Gasteiger partial charge is 0.200 e. The zero-order valence-electron chi connectivity index (χ0n) is 11.6. The summed E-state index contributed by atoms with van der Waals surface area (Å²) in [5.41, 5.74) is 7.78. The van der Waals surface area contributed by atoms with Gasteiger partial charge in [0, 0.05) is 11.3 Å². The predicted octanol–water partition coefficient (Wildman–Crippen LogP) is 2.85. The zero-order chi connectivity index (χ0) is 14.5. The average molecular weight is 271 g/mol. The molecule has 2 aromatic carbocycles. The summed E-state index contributed by atoms with van der Waals surface area (Å²) < 4.78 is 10.6. The van der Waals surface area contributed by atoms with E-state index in [9.17, 15) is 4.79 Å². The molecule has 0 aliphatic rings. The lowest BCUT2D eigenvalue weighted by molar-refractivity contribution is 0.0921. The third kappa shape index (κ3) is 3.29. The topological polar surface area (TPSA) is 61.5 Å². The van der Waals surface area contributed by atoms with Crippen LogP contribution in [0.15, 0.2) is 42.5 Å². The van der Waals surface area contributed by atoms with Gasteiger partial charge in [-0.15, -0.1) is 0 Å². The first-order valence-corrected chi connectivity index (χ1v) is 6.26. The highest BCUT2D eigenvalue weighted by Gasteiger charge is 2.09. The van der Waals surface area contributed by atoms with Gasteiger partial charge in [0.25, 0.3) is 0 Å². The van der Waals surface area contributed by atoms with E-state index in [-0.39, 0.29) is 12.4 Å². The number of ether oxygens (including phenoxy) is 2. The van der Waals surface area contributed by atoms with Crippen molar-refractivity contribution < 1.29 is 14.3 Å². The minimum atomic E-state index is -0.0763. The number of hydrogen-bond donors (Lipinski definition) is 1. The molecule has 4 nitrogen and oxygen atoms in total. The van der Waals surface area contributed by atoms with Crippen molar-refractivity contribution in [2.24, 2.45) is 0 Å². The molecule has 0 spiro atoms. The second-order valence-electron chi connectivity index (χ2n) is 4.47. The molecule has 2 aromatic rings. The highest BCUT2D eigenvalue weighted by molar-refractivity contribution is 5.97. The van der Waals surface area contributed by atoms with Gasteiger partial charge in [0.1, 0.15) is 11.5 Å². The molecule has 0 saturated carbocycles. The second-order valence-corrected chi connectivity index (χ2v) is 4.47. The zero-order valence-corrected chi connectivity index (χ0v) is 11.6. The first kappa shape index (κ1) is 13.9. The number of nitrogen functional groups attached to an aromatic ring is 1. The number of rotatable bonds is 5. The van der Waals surface area contributed by atoms with Gasteiger partial charge in [-0.3, -0.25) is 4.79 Å². The molecule has 0 unspecified atom stereocenters. The average Bonchev–Trinajstić information content (AvgIpc) is 2.46. The van der Waals surface area contributed by atoms with Crippen LogP contribution in [0.25, 0.3) is 0 Å². The Bertz CT molecular complexity index is 606. The molecule has 0 fully saturated rings. The van der Waals surface area contributed by atoms with Gasteiger partial charge in [-0.1, -0.05) is 0 Å². The van der Waals surface area contributed by atoms with Crippen LogP contribution in [0.1, 0.15) is 15.9 Å². The lowest BCUT2D eigenvalue weighted by Crippen LogP contribution is -2.11. The Kier molecular flexibility index (Phi) is 4.25. The van der Waals surface area contributed by atoms with Crippen molar-refractivity contribution in [3.8, 4) is 11.5 Å². The Hall–Kier alpha value is -2.49. The summed E-state index contributed by atoms with van der Waals surface area (Å²) >= 11 is 0. The fourth-order valence-corrected chi connectivity index (χ4v) is 1.85. The molecule has 0 atom stereocenters. The molecule has 20 heavy (non-hydrogen) atoms. The number of Topliss-reactive ketones (excluding diaryl/α,β-unsaturated/α-hetero) is 1. The Balaban J connectivity index is 2.01. The molecule has 0 aliphatic heterocycles. The molecule has 4 heteroatoms. The van der Waals surface area contributed by atoms with Crippen molar-refractivity contribution in [2.75, 3.05) is 19.5 Å². The number of carbonyl (C=O) groups is 1. The largest absolute Gasteiger partial charge is 0.496 e. The quantitative estimate of drug-likeness (QED) is 0.671. The van der Waals surface area contributed by atoms with Gasteiger partial charge in [0.15, 0.2) is 12.4 Å². The third-order valence-electron chi connectivity index (χ3n) is 2.97. The minimum absolute atomic E-state index is 0.00428. The van der Waals surface area contributed by atoms with E-state index in [1.165, 1.54) is 0 Å². The molecule has 104 valence electrons. The monoisotopic (exact) mass is 271 g/mol. The van der Waals surface area contributed by atoms with Gasteiger partial charge >= 0.3 is 0 Å². The predicted molar refractivity (Wildman–Crippen MR) is 78.4 cm³/mol. The molecule has 0 amide bonds. The van der Waals surface area contributed by atoms with E-state index in [2.05, 4.69) is 0 Å². The molecule has 0 heterocycles. The van der Waals surface area contributed by atoms with Crippen LogP contribution in [-0.4, -0.2) is 19.5 Å². The molecule has 2 N–H and O–H groups in total. The minimum Gasteiger partial charge on any atom is -0.496 e. The maximum Gasteiger partial charge on any atom is 0.200 e. The van der Waals surface area contributed by atoms with Crippen molar-refractivity contribution in [1.29, 1.82) is 0 Å². The first-order valence-electron chi connectivity index (χ1n) is 6.26. The third-order valence-corrected chi connectivity index (χ3v) is 2.97. The van der Waals surface area contributed by atoms with Crippen LogP contribution >= 0.6 is 0 Å². The molecule has 0 aliphatic carbocycles. The normalized spacial score (nSPS) is 10.1. The van der Waals surface area contributed by atoms with Gasteiger partial charge in [0.05, 0.1) is 7.11 Å². The molecular weight excluding hydrogens is 254 g/mol. The van der Waals surface area contributed by atoms with Crippen LogP contribution in [0.4, 0.5) is 5.69 Å². The van der Waals surface area contributed by atoms with Crippen molar-refractivity contribution in [1.82, 2.24) is 0 Å². The van der Waals surface area contributed by atoms with Gasteiger partial charge in [-0.2, -0.15) is 0 Å². The number of anilines is 1. The summed E-state index contributed by atoms with van der Waals surface area (Å²) in [4.78, 5) is 12.0. The van der Waals surface area contributed by atoms with Crippen molar-refractivity contribution in [3.05, 3.63) is 53.6 Å². The van der Waals surface area contributed by atoms with Crippen molar-refractivity contribution in [2.45, 2.75) is 6.92 Å². The maximum absolute atomic E-state index is 12.0. The van der Waals surface area contributed by atoms with Crippen LogP contribution in [0.2, 0.25) is 0 Å². The molecule has 0 saturated heterocycles. The van der Waals surface area contributed by atoms with Gasteiger partial charge in [-0.05, 0) is 55.0 Å². The summed E-state index contributed by atoms with van der Waals surface area (Å²) in [6.45, 7) is 1.89. The van der Waals surface area contributed by atoms with Crippen LogP contribution in [-0.2, 0) is 0 Å². The first-order chi connectivity index (χ1) is 9.60. The number of hydrogen-bond acceptors (Lipinski definition) is 4. The maximum atomic E-state index is 12.0. The van der Waals surface area contributed by atoms with E-state index in [0.29, 0.717) is 17.0 Å². The molecule has 0 radical (unpaired) electrons. The van der Waals surface area contributed by atoms with Gasteiger partial charge in [-0.25, -0.2) is 0 Å². The summed E-state index contributed by atoms with van der Waals surface area (Å²) in [6.07, 6.45) is 0. The lowest BCUT2D eigenvalue weighted by atomic mass is 10.1. The fourth-order valence-electron chi connectivity index (χ4n) is 1.85. The highest BCUT2D eigenvalue weighted by atomic mass is 16.5. The number of benzene rings is 2. The van der Waals surface area contributed by atoms with Crippen molar-refractivity contribution in [3.63, 3.8) is 0 Å². The number of aryl methyl sites for hydroxylation is 1. The number of ketones is 1. The summed E-state index contributed by atoms with van der Waals surface area (Å²) in [6, 6.07) is 12.3. The second kappa shape index (κ2) is 6.10. The summed E-state index contributed by atoms with van der Waals surface area (Å²) in [5.74, 6) is 1.31. The Morgan fingerprint density at radius 1 is 1.15 bits per heavy atom. The van der Waals surface area contributed by atoms with E-state index >= 15 is 0 Å². The lowest BCUT2D eigenvalue weighted by Gasteiger charge is -2.08. The van der Waals surface area contributed by atoms with Gasteiger partial charge in [0.2, 0.25) is 0 Å². The SMILES string of the molecule is COc1ccc(C(=O)COc2ccc(N)cc2)cc1C. The van der Waals surface area contributed by atoms with Crippen LogP contribution in [0.3, 0.4) is 0 Å². The summed E-state index contributed by atoms with van der Waals surface area (Å²) in [5, 5.41) is 0. The van der Waals surface area contributed by atoms with E-state index < -0.39 is 0 Å². The summed E-state index contributed by atoms with van der Waals surface area (Å²) in [7, 11) is 1.61. The Labute approximate surface area is 118 Å². The molecule has 2 rings (SSSR count). The molecular formula is C16H17NO3. The standard InChI is InChI=1S/C16H17NO3/c1-11-9-12(3-8-16(11)19-2)15(18)10-20-14-6-4-13(17)5-7-14/h3-9H,10,17H2,1-2H3. The Morgan fingerprint density at radius 3 is 2.45 bits per heavy atom. The van der Waals surface area contributed by atoms with Gasteiger partial charge < -0.3 is 15.2 Å². The van der Waals surface area contributed by atoms with E-state index in [1.807, 2.05) is 6.92 Å². The highest BCUT2D eigenvalue weighted by Crippen LogP contribution is 2.19. The van der Waals surface area contributed by atoms with E-state index in [4.69, 9.17) is 15.2 Å². The van der Waals surface area contributed by atoms with E-state index in [0.717, 1.165) is 11.3 Å².